The minimum absolute atomic E-state index is 0.907. The molecule has 35 heavy (non-hydrogen) atoms. The topological polar surface area (TPSA) is 43.1 Å². The first kappa shape index (κ1) is 17.8. The molecular formula is C31H18N4. The van der Waals surface area contributed by atoms with E-state index in [1.54, 1.807) is 0 Å². The fraction of sp³-hybridized carbons (Fsp3) is 0.0645. The zero-order valence-corrected chi connectivity index (χ0v) is 18.8. The Bertz CT molecular complexity index is 2070. The Morgan fingerprint density at radius 2 is 1.31 bits per heavy atom. The summed E-state index contributed by atoms with van der Waals surface area (Å²) >= 11 is 0. The molecule has 0 N–H and O–H groups in total. The third kappa shape index (κ3) is 2.20. The average Bonchev–Trinajstić information content (AvgIpc) is 3.57. The first-order valence-electron chi connectivity index (χ1n) is 12.0. The van der Waals surface area contributed by atoms with Crippen LogP contribution in [0.2, 0.25) is 0 Å². The van der Waals surface area contributed by atoms with E-state index >= 15 is 0 Å². The summed E-state index contributed by atoms with van der Waals surface area (Å²) in [5.74, 6) is 0. The number of aromatic nitrogens is 4. The van der Waals surface area contributed by atoms with Crippen LogP contribution in [0, 0.1) is 0 Å². The van der Waals surface area contributed by atoms with Crippen molar-refractivity contribution < 1.29 is 0 Å². The van der Waals surface area contributed by atoms with Gasteiger partial charge in [0.1, 0.15) is 11.2 Å². The van der Waals surface area contributed by atoms with Crippen molar-refractivity contribution in [2.24, 2.45) is 0 Å². The summed E-state index contributed by atoms with van der Waals surface area (Å²) in [6.45, 7) is 0. The second-order valence-corrected chi connectivity index (χ2v) is 9.76. The van der Waals surface area contributed by atoms with Crippen molar-refractivity contribution in [2.45, 2.75) is 12.8 Å². The Hall–Kier alpha value is -4.57. The van der Waals surface area contributed by atoms with Gasteiger partial charge in [-0.25, -0.2) is 4.98 Å². The lowest BCUT2D eigenvalue weighted by molar-refractivity contribution is 1.24. The molecule has 7 aromatic rings. The molecule has 0 aliphatic heterocycles. The fourth-order valence-electron chi connectivity index (χ4n) is 6.43. The standard InChI is InChI=1S/C31H18N4/c1-2-4-21-17(3-1)9-18-12-24-19(11-23(18)21)10-20-13-27-26(14-25(20)24)22-5-7-33-16-30(22)35-29-6-8-32-15-28(29)34-31(27)35/h1-8,11-16H,9-10H2. The molecule has 0 radical (unpaired) electrons. The lowest BCUT2D eigenvalue weighted by Gasteiger charge is -2.11. The Labute approximate surface area is 200 Å². The molecule has 2 aliphatic rings. The quantitative estimate of drug-likeness (QED) is 0.243. The number of pyridine rings is 3. The summed E-state index contributed by atoms with van der Waals surface area (Å²) in [7, 11) is 0. The molecule has 0 unspecified atom stereocenters. The Balaban J connectivity index is 1.37. The van der Waals surface area contributed by atoms with Crippen LogP contribution >= 0.6 is 0 Å². The number of hydrogen-bond donors (Lipinski definition) is 0. The molecule has 0 saturated heterocycles. The molecule has 0 fully saturated rings. The molecule has 0 saturated carbocycles. The zero-order valence-electron chi connectivity index (χ0n) is 18.8. The summed E-state index contributed by atoms with van der Waals surface area (Å²) in [6, 6.07) is 22.6. The van der Waals surface area contributed by atoms with Gasteiger partial charge in [-0.2, -0.15) is 0 Å². The van der Waals surface area contributed by atoms with E-state index in [4.69, 9.17) is 4.98 Å². The Kier molecular flexibility index (Phi) is 3.11. The zero-order chi connectivity index (χ0) is 22.7. The molecule has 0 amide bonds. The van der Waals surface area contributed by atoms with Gasteiger partial charge in [0.2, 0.25) is 0 Å². The summed E-state index contributed by atoms with van der Waals surface area (Å²) in [5.41, 5.74) is 15.2. The second-order valence-electron chi connectivity index (χ2n) is 9.76. The molecule has 3 aromatic carbocycles. The van der Waals surface area contributed by atoms with Crippen molar-refractivity contribution in [1.29, 1.82) is 0 Å². The molecule has 2 aliphatic carbocycles. The normalized spacial score (nSPS) is 13.5. The second kappa shape index (κ2) is 6.10. The molecular weight excluding hydrogens is 428 g/mol. The maximum Gasteiger partial charge on any atom is 0.146 e. The van der Waals surface area contributed by atoms with Crippen LogP contribution in [0.25, 0.3) is 60.6 Å². The minimum atomic E-state index is 0.907. The van der Waals surface area contributed by atoms with Crippen molar-refractivity contribution >= 4 is 38.4 Å². The molecule has 4 aromatic heterocycles. The van der Waals surface area contributed by atoms with Crippen LogP contribution in [-0.2, 0) is 12.8 Å². The van der Waals surface area contributed by atoms with E-state index in [1.807, 2.05) is 30.9 Å². The van der Waals surface area contributed by atoms with Crippen LogP contribution in [0.1, 0.15) is 22.3 Å². The predicted molar refractivity (Wildman–Crippen MR) is 140 cm³/mol. The highest BCUT2D eigenvalue weighted by Gasteiger charge is 2.26. The van der Waals surface area contributed by atoms with E-state index in [9.17, 15) is 0 Å². The first-order chi connectivity index (χ1) is 17.3. The average molecular weight is 447 g/mol. The molecule has 162 valence electrons. The molecule has 4 heterocycles. The number of rotatable bonds is 0. The lowest BCUT2D eigenvalue weighted by atomic mass is 9.96. The van der Waals surface area contributed by atoms with Crippen LogP contribution in [0.5, 0.6) is 0 Å². The van der Waals surface area contributed by atoms with Crippen molar-refractivity contribution in [2.75, 3.05) is 0 Å². The smallest absolute Gasteiger partial charge is 0.146 e. The van der Waals surface area contributed by atoms with Crippen LogP contribution in [0.15, 0.2) is 85.5 Å². The number of hydrogen-bond acceptors (Lipinski definition) is 3. The van der Waals surface area contributed by atoms with Gasteiger partial charge >= 0.3 is 0 Å². The molecule has 9 rings (SSSR count). The highest BCUT2D eigenvalue weighted by atomic mass is 15.0. The van der Waals surface area contributed by atoms with Gasteiger partial charge in [-0.05, 0) is 99.1 Å². The van der Waals surface area contributed by atoms with Crippen LogP contribution in [-0.4, -0.2) is 19.4 Å². The van der Waals surface area contributed by atoms with E-state index in [0.29, 0.717) is 0 Å². The molecule has 0 bridgehead atoms. The predicted octanol–water partition coefficient (Wildman–Crippen LogP) is 6.73. The number of imidazole rings is 1. The Morgan fingerprint density at radius 3 is 2.26 bits per heavy atom. The van der Waals surface area contributed by atoms with Gasteiger partial charge in [0.05, 0.1) is 23.4 Å². The monoisotopic (exact) mass is 446 g/mol. The van der Waals surface area contributed by atoms with Gasteiger partial charge in [-0.15, -0.1) is 0 Å². The van der Waals surface area contributed by atoms with E-state index in [0.717, 1.165) is 35.0 Å². The number of fused-ring (bicyclic) bond motifs is 14. The third-order valence-corrected chi connectivity index (χ3v) is 7.96. The van der Waals surface area contributed by atoms with E-state index in [-0.39, 0.29) is 0 Å². The van der Waals surface area contributed by atoms with Gasteiger partial charge < -0.3 is 0 Å². The molecule has 0 atom stereocenters. The summed E-state index contributed by atoms with van der Waals surface area (Å²) < 4.78 is 2.24. The molecule has 4 heteroatoms. The molecule has 0 spiro atoms. The van der Waals surface area contributed by atoms with Crippen molar-refractivity contribution in [3.05, 3.63) is 108 Å². The minimum Gasteiger partial charge on any atom is -0.290 e. The van der Waals surface area contributed by atoms with Gasteiger partial charge in [0.25, 0.3) is 0 Å². The fourth-order valence-corrected chi connectivity index (χ4v) is 6.43. The van der Waals surface area contributed by atoms with E-state index in [2.05, 4.69) is 69.0 Å². The van der Waals surface area contributed by atoms with Gasteiger partial charge in [0, 0.05) is 23.2 Å². The van der Waals surface area contributed by atoms with Crippen LogP contribution in [0.4, 0.5) is 0 Å². The van der Waals surface area contributed by atoms with Crippen LogP contribution < -0.4 is 0 Å². The van der Waals surface area contributed by atoms with Gasteiger partial charge in [0.15, 0.2) is 0 Å². The largest absolute Gasteiger partial charge is 0.290 e. The lowest BCUT2D eigenvalue weighted by Crippen LogP contribution is -1.93. The maximum atomic E-state index is 5.02. The van der Waals surface area contributed by atoms with Gasteiger partial charge in [-0.1, -0.05) is 24.3 Å². The van der Waals surface area contributed by atoms with Crippen molar-refractivity contribution in [1.82, 2.24) is 19.4 Å². The summed E-state index contributed by atoms with van der Waals surface area (Å²) in [4.78, 5) is 13.8. The summed E-state index contributed by atoms with van der Waals surface area (Å²) in [6.07, 6.45) is 9.50. The Morgan fingerprint density at radius 1 is 0.571 bits per heavy atom. The highest BCUT2D eigenvalue weighted by Crippen LogP contribution is 2.46. The van der Waals surface area contributed by atoms with Crippen molar-refractivity contribution in [3.8, 4) is 22.3 Å². The number of nitrogens with zero attached hydrogens (tertiary/aromatic N) is 4. The molecule has 4 nitrogen and oxygen atoms in total. The maximum absolute atomic E-state index is 5.02. The van der Waals surface area contributed by atoms with Gasteiger partial charge in [-0.3, -0.25) is 14.4 Å². The summed E-state index contributed by atoms with van der Waals surface area (Å²) in [5, 5.41) is 3.61. The third-order valence-electron chi connectivity index (χ3n) is 7.96. The van der Waals surface area contributed by atoms with Crippen LogP contribution in [0.3, 0.4) is 0 Å². The first-order valence-corrected chi connectivity index (χ1v) is 12.0. The van der Waals surface area contributed by atoms with E-state index < -0.39 is 0 Å². The highest BCUT2D eigenvalue weighted by molar-refractivity contribution is 6.15. The SMILES string of the molecule is c1ccc2c(c1)Cc1cc3c(cc1-2)Cc1cc2c(cc1-3)c1ccncc1n1c3ccncc3nc21. The van der Waals surface area contributed by atoms with Crippen molar-refractivity contribution in [3.63, 3.8) is 0 Å². The van der Waals surface area contributed by atoms with E-state index in [1.165, 1.54) is 60.7 Å². The number of benzene rings is 3.